The lowest BCUT2D eigenvalue weighted by atomic mass is 10.1. The maximum atomic E-state index is 12.0. The number of carboxylic acids is 1. The minimum atomic E-state index is -1.40. The summed E-state index contributed by atoms with van der Waals surface area (Å²) in [6.45, 7) is 1.77. The standard InChI is InChI=1S/C15H13NO5/c1-9(10-5-3-2-4-6-10)16-14(18)12-7-11(17)8-13(21-12)15(19)20/h2-9H,1H3,(H,16,18)(H,19,20)/t9-/m1/s1. The summed E-state index contributed by atoms with van der Waals surface area (Å²) in [5.74, 6) is -2.95. The Labute approximate surface area is 120 Å². The van der Waals surface area contributed by atoms with E-state index in [1.807, 2.05) is 30.3 Å². The summed E-state index contributed by atoms with van der Waals surface area (Å²) in [6.07, 6.45) is 0. The monoisotopic (exact) mass is 287 g/mol. The average molecular weight is 287 g/mol. The molecule has 6 nitrogen and oxygen atoms in total. The second-order valence-electron chi connectivity index (χ2n) is 4.43. The fraction of sp³-hybridized carbons (Fsp3) is 0.133. The zero-order valence-electron chi connectivity index (χ0n) is 11.2. The molecular weight excluding hydrogens is 274 g/mol. The van der Waals surface area contributed by atoms with Crippen molar-refractivity contribution in [2.24, 2.45) is 0 Å². The Morgan fingerprint density at radius 3 is 2.38 bits per heavy atom. The first-order valence-corrected chi connectivity index (χ1v) is 6.21. The van der Waals surface area contributed by atoms with Crippen LogP contribution in [-0.4, -0.2) is 17.0 Å². The molecule has 1 heterocycles. The average Bonchev–Trinajstić information content (AvgIpc) is 2.47. The molecule has 0 fully saturated rings. The van der Waals surface area contributed by atoms with E-state index in [0.717, 1.165) is 17.7 Å². The lowest BCUT2D eigenvalue weighted by molar-refractivity contribution is 0.0655. The second-order valence-corrected chi connectivity index (χ2v) is 4.43. The normalized spacial score (nSPS) is 11.7. The van der Waals surface area contributed by atoms with Crippen molar-refractivity contribution < 1.29 is 19.1 Å². The highest BCUT2D eigenvalue weighted by molar-refractivity contribution is 5.92. The summed E-state index contributed by atoms with van der Waals surface area (Å²) < 4.78 is 4.91. The van der Waals surface area contributed by atoms with Gasteiger partial charge in [0.2, 0.25) is 5.76 Å². The van der Waals surface area contributed by atoms with E-state index in [-0.39, 0.29) is 11.8 Å². The molecule has 2 aromatic rings. The Balaban J connectivity index is 2.21. The van der Waals surface area contributed by atoms with Crippen LogP contribution in [0.15, 0.2) is 51.7 Å². The zero-order chi connectivity index (χ0) is 15.4. The lowest BCUT2D eigenvalue weighted by Crippen LogP contribution is -2.27. The van der Waals surface area contributed by atoms with Crippen LogP contribution in [0.3, 0.4) is 0 Å². The maximum absolute atomic E-state index is 12.0. The molecular formula is C15H13NO5. The van der Waals surface area contributed by atoms with Crippen LogP contribution < -0.4 is 10.7 Å². The highest BCUT2D eigenvalue weighted by Gasteiger charge is 2.17. The molecule has 0 aliphatic heterocycles. The van der Waals surface area contributed by atoms with Crippen molar-refractivity contribution in [2.45, 2.75) is 13.0 Å². The van der Waals surface area contributed by atoms with E-state index in [2.05, 4.69) is 5.32 Å². The third-order valence-electron chi connectivity index (χ3n) is 2.85. The van der Waals surface area contributed by atoms with E-state index >= 15 is 0 Å². The Kier molecular flexibility index (Phi) is 4.18. The predicted molar refractivity (Wildman–Crippen MR) is 74.3 cm³/mol. The number of hydrogen-bond donors (Lipinski definition) is 2. The first-order valence-electron chi connectivity index (χ1n) is 6.21. The van der Waals surface area contributed by atoms with Gasteiger partial charge in [-0.15, -0.1) is 0 Å². The Morgan fingerprint density at radius 2 is 1.76 bits per heavy atom. The number of hydrogen-bond acceptors (Lipinski definition) is 4. The summed E-state index contributed by atoms with van der Waals surface area (Å²) in [6, 6.07) is 10.7. The van der Waals surface area contributed by atoms with Gasteiger partial charge < -0.3 is 14.8 Å². The molecule has 0 radical (unpaired) electrons. The minimum Gasteiger partial charge on any atom is -0.475 e. The van der Waals surface area contributed by atoms with Crippen LogP contribution in [-0.2, 0) is 0 Å². The van der Waals surface area contributed by atoms with Crippen molar-refractivity contribution >= 4 is 11.9 Å². The summed E-state index contributed by atoms with van der Waals surface area (Å²) in [7, 11) is 0. The summed E-state index contributed by atoms with van der Waals surface area (Å²) in [5.41, 5.74) is 0.277. The second kappa shape index (κ2) is 6.04. The van der Waals surface area contributed by atoms with E-state index < -0.39 is 23.1 Å². The van der Waals surface area contributed by atoms with Crippen LogP contribution in [0.1, 0.15) is 39.6 Å². The smallest absolute Gasteiger partial charge is 0.371 e. The van der Waals surface area contributed by atoms with Crippen LogP contribution in [0.5, 0.6) is 0 Å². The third kappa shape index (κ3) is 3.56. The fourth-order valence-electron chi connectivity index (χ4n) is 1.79. The molecule has 0 aliphatic carbocycles. The molecule has 1 atom stereocenters. The van der Waals surface area contributed by atoms with Crippen LogP contribution in [0.2, 0.25) is 0 Å². The molecule has 0 spiro atoms. The van der Waals surface area contributed by atoms with Gasteiger partial charge in [0.25, 0.3) is 5.91 Å². The molecule has 21 heavy (non-hydrogen) atoms. The molecule has 108 valence electrons. The van der Waals surface area contributed by atoms with Gasteiger partial charge in [0, 0.05) is 12.1 Å². The van der Waals surface area contributed by atoms with Crippen molar-refractivity contribution in [2.75, 3.05) is 0 Å². The van der Waals surface area contributed by atoms with Crippen molar-refractivity contribution in [1.82, 2.24) is 5.32 Å². The number of aromatic carboxylic acids is 1. The van der Waals surface area contributed by atoms with Crippen molar-refractivity contribution in [3.63, 3.8) is 0 Å². The van der Waals surface area contributed by atoms with Crippen LogP contribution in [0.4, 0.5) is 0 Å². The molecule has 2 rings (SSSR count). The topological polar surface area (TPSA) is 96.6 Å². The zero-order valence-corrected chi connectivity index (χ0v) is 11.2. The molecule has 0 saturated carbocycles. The van der Waals surface area contributed by atoms with Crippen molar-refractivity contribution in [1.29, 1.82) is 0 Å². The quantitative estimate of drug-likeness (QED) is 0.894. The van der Waals surface area contributed by atoms with Gasteiger partial charge in [0.1, 0.15) is 0 Å². The molecule has 1 aromatic carbocycles. The van der Waals surface area contributed by atoms with Gasteiger partial charge in [-0.25, -0.2) is 4.79 Å². The van der Waals surface area contributed by atoms with Crippen LogP contribution in [0.25, 0.3) is 0 Å². The van der Waals surface area contributed by atoms with Gasteiger partial charge in [-0.05, 0) is 12.5 Å². The molecule has 0 unspecified atom stereocenters. The van der Waals surface area contributed by atoms with Crippen molar-refractivity contribution in [3.05, 3.63) is 69.8 Å². The number of nitrogens with one attached hydrogen (secondary N) is 1. The SMILES string of the molecule is C[C@@H](NC(=O)c1cc(=O)cc(C(=O)O)o1)c1ccccc1. The highest BCUT2D eigenvalue weighted by Crippen LogP contribution is 2.12. The van der Waals surface area contributed by atoms with Gasteiger partial charge in [0.05, 0.1) is 6.04 Å². The first-order chi connectivity index (χ1) is 9.97. The van der Waals surface area contributed by atoms with Crippen molar-refractivity contribution in [3.8, 4) is 0 Å². The van der Waals surface area contributed by atoms with E-state index in [1.165, 1.54) is 0 Å². The number of amides is 1. The summed E-state index contributed by atoms with van der Waals surface area (Å²) in [4.78, 5) is 34.2. The van der Waals surface area contributed by atoms with Gasteiger partial charge in [-0.3, -0.25) is 9.59 Å². The Morgan fingerprint density at radius 1 is 1.14 bits per heavy atom. The number of carbonyl (C=O) groups is 2. The maximum Gasteiger partial charge on any atom is 0.371 e. The molecule has 1 aromatic heterocycles. The molecule has 2 N–H and O–H groups in total. The van der Waals surface area contributed by atoms with E-state index in [0.29, 0.717) is 0 Å². The predicted octanol–water partition coefficient (Wildman–Crippen LogP) is 1.83. The number of rotatable bonds is 4. The van der Waals surface area contributed by atoms with E-state index in [4.69, 9.17) is 9.52 Å². The minimum absolute atomic E-state index is 0.308. The van der Waals surface area contributed by atoms with E-state index in [9.17, 15) is 14.4 Å². The first kappa shape index (κ1) is 14.5. The molecule has 0 saturated heterocycles. The van der Waals surface area contributed by atoms with Gasteiger partial charge in [-0.2, -0.15) is 0 Å². The number of carboxylic acid groups (broad SMARTS) is 1. The molecule has 0 bridgehead atoms. The molecule has 0 aliphatic rings. The van der Waals surface area contributed by atoms with Gasteiger partial charge in [-0.1, -0.05) is 30.3 Å². The highest BCUT2D eigenvalue weighted by atomic mass is 16.4. The Bertz CT molecular complexity index is 720. The largest absolute Gasteiger partial charge is 0.475 e. The summed E-state index contributed by atoms with van der Waals surface area (Å²) >= 11 is 0. The van der Waals surface area contributed by atoms with Crippen LogP contribution in [0, 0.1) is 0 Å². The van der Waals surface area contributed by atoms with E-state index in [1.54, 1.807) is 6.92 Å². The molecule has 6 heteroatoms. The summed E-state index contributed by atoms with van der Waals surface area (Å²) in [5, 5.41) is 11.5. The van der Waals surface area contributed by atoms with Crippen LogP contribution >= 0.6 is 0 Å². The molecule has 1 amide bonds. The fourth-order valence-corrected chi connectivity index (χ4v) is 1.79. The number of carbonyl (C=O) groups excluding carboxylic acids is 1. The third-order valence-corrected chi connectivity index (χ3v) is 2.85. The Hall–Kier alpha value is -2.89. The van der Waals surface area contributed by atoms with Gasteiger partial charge >= 0.3 is 5.97 Å². The lowest BCUT2D eigenvalue weighted by Gasteiger charge is -2.13. The van der Waals surface area contributed by atoms with Gasteiger partial charge in [0.15, 0.2) is 11.2 Å². The number of benzene rings is 1.